The van der Waals surface area contributed by atoms with E-state index >= 15 is 0 Å². The minimum atomic E-state index is -0.453. The molecule has 112 valence electrons. The molecule has 0 unspecified atom stereocenters. The largest absolute Gasteiger partial charge is 0.423 e. The van der Waals surface area contributed by atoms with Crippen LogP contribution in [0.5, 0.6) is 5.75 Å². The number of halogens is 1. The maximum Gasteiger partial charge on any atom is 0.336 e. The van der Waals surface area contributed by atoms with Gasteiger partial charge in [0.05, 0.1) is 5.69 Å². The Hall–Kier alpha value is -2.11. The number of thiazole rings is 1. The summed E-state index contributed by atoms with van der Waals surface area (Å²) in [6.45, 7) is 2.07. The van der Waals surface area contributed by atoms with Crippen molar-refractivity contribution in [3.05, 3.63) is 58.3 Å². The van der Waals surface area contributed by atoms with Gasteiger partial charge >= 0.3 is 5.97 Å². The fraction of sp³-hybridized carbons (Fsp3) is 0.125. The molecule has 3 rings (SSSR count). The second-order valence-electron chi connectivity index (χ2n) is 4.60. The highest BCUT2D eigenvalue weighted by atomic mass is 35.5. The summed E-state index contributed by atoms with van der Waals surface area (Å²) in [4.78, 5) is 16.9. The van der Waals surface area contributed by atoms with Crippen molar-refractivity contribution in [2.75, 3.05) is 0 Å². The molecular weight excluding hydrogens is 320 g/mol. The van der Waals surface area contributed by atoms with E-state index in [1.54, 1.807) is 18.2 Å². The molecule has 4 nitrogen and oxygen atoms in total. The Kier molecular flexibility index (Phi) is 4.27. The lowest BCUT2D eigenvalue weighted by molar-refractivity contribution is -0.128. The van der Waals surface area contributed by atoms with E-state index in [2.05, 4.69) is 11.9 Å². The first-order valence-corrected chi connectivity index (χ1v) is 8.03. The second kappa shape index (κ2) is 6.34. The monoisotopic (exact) mass is 332 g/mol. The van der Waals surface area contributed by atoms with Crippen LogP contribution in [0.25, 0.3) is 11.0 Å². The zero-order valence-corrected chi connectivity index (χ0v) is 13.4. The van der Waals surface area contributed by atoms with Crippen molar-refractivity contribution in [3.63, 3.8) is 0 Å². The van der Waals surface area contributed by atoms with Crippen LogP contribution in [0.3, 0.4) is 0 Å². The van der Waals surface area contributed by atoms with Crippen LogP contribution in [-0.4, -0.2) is 15.4 Å². The Labute approximate surface area is 136 Å². The van der Waals surface area contributed by atoms with Gasteiger partial charge in [0.2, 0.25) is 0 Å². The maximum atomic E-state index is 11.9. The predicted octanol–water partition coefficient (Wildman–Crippen LogP) is 4.23. The highest BCUT2D eigenvalue weighted by molar-refractivity contribution is 7.15. The zero-order valence-electron chi connectivity index (χ0n) is 11.8. The average molecular weight is 333 g/mol. The number of hydrogen-bond acceptors (Lipinski definition) is 4. The molecule has 0 amide bonds. The molecule has 0 atom stereocenters. The molecule has 0 radical (unpaired) electrons. The molecule has 0 bridgehead atoms. The predicted molar refractivity (Wildman–Crippen MR) is 88.6 cm³/mol. The average Bonchev–Trinajstić information content (AvgIpc) is 3.07. The smallest absolute Gasteiger partial charge is 0.336 e. The van der Waals surface area contributed by atoms with E-state index in [9.17, 15) is 4.79 Å². The van der Waals surface area contributed by atoms with Crippen LogP contribution < -0.4 is 4.74 Å². The van der Waals surface area contributed by atoms with Crippen LogP contribution in [0.1, 0.15) is 18.2 Å². The van der Waals surface area contributed by atoms with E-state index in [0.717, 1.165) is 11.4 Å². The minimum absolute atomic E-state index is 0.364. The summed E-state index contributed by atoms with van der Waals surface area (Å²) >= 11 is 7.54. The van der Waals surface area contributed by atoms with Gasteiger partial charge in [-0.15, -0.1) is 11.3 Å². The van der Waals surface area contributed by atoms with Gasteiger partial charge in [-0.25, -0.2) is 9.78 Å². The third kappa shape index (κ3) is 3.05. The number of esters is 1. The van der Waals surface area contributed by atoms with Gasteiger partial charge in [0.1, 0.15) is 5.75 Å². The quantitative estimate of drug-likeness (QED) is 0.408. The molecule has 6 heteroatoms. The molecule has 3 aromatic rings. The fourth-order valence-electron chi connectivity index (χ4n) is 2.02. The van der Waals surface area contributed by atoms with Crippen molar-refractivity contribution in [1.29, 1.82) is 0 Å². The number of carbonyl (C=O) groups is 1. The number of aryl methyl sites for hydroxylation is 1. The number of imidazole rings is 1. The van der Waals surface area contributed by atoms with E-state index < -0.39 is 5.97 Å². The van der Waals surface area contributed by atoms with Crippen molar-refractivity contribution < 1.29 is 9.53 Å². The first-order chi connectivity index (χ1) is 10.7. The lowest BCUT2D eigenvalue weighted by atomic mass is 10.2. The summed E-state index contributed by atoms with van der Waals surface area (Å²) in [7, 11) is 0. The molecule has 0 N–H and O–H groups in total. The Morgan fingerprint density at radius 3 is 2.91 bits per heavy atom. The molecule has 0 spiro atoms. The lowest BCUT2D eigenvalue weighted by Crippen LogP contribution is -2.03. The standard InChI is InChI=1S/C16H13ClN2O2S/c1-2-11-3-5-12(6-4-11)21-14(20)8-7-13-15(17)18-16-19(13)9-10-22-16/h3-10H,2H2,1H3/b8-7+. The maximum absolute atomic E-state index is 11.9. The summed E-state index contributed by atoms with van der Waals surface area (Å²) in [5.74, 6) is 0.0670. The van der Waals surface area contributed by atoms with Crippen molar-refractivity contribution in [1.82, 2.24) is 9.38 Å². The molecule has 1 aromatic carbocycles. The highest BCUT2D eigenvalue weighted by Gasteiger charge is 2.09. The fourth-order valence-corrected chi connectivity index (χ4v) is 3.02. The van der Waals surface area contributed by atoms with E-state index in [1.165, 1.54) is 23.0 Å². The topological polar surface area (TPSA) is 43.6 Å². The summed E-state index contributed by atoms with van der Waals surface area (Å²) in [6, 6.07) is 7.45. The normalized spacial score (nSPS) is 11.4. The summed E-state index contributed by atoms with van der Waals surface area (Å²) in [6.07, 6.45) is 5.76. The van der Waals surface area contributed by atoms with Gasteiger partial charge in [-0.3, -0.25) is 4.40 Å². The van der Waals surface area contributed by atoms with Crippen LogP contribution in [0, 0.1) is 0 Å². The zero-order chi connectivity index (χ0) is 15.5. The number of carbonyl (C=O) groups excluding carboxylic acids is 1. The van der Waals surface area contributed by atoms with Crippen LogP contribution in [0.4, 0.5) is 0 Å². The highest BCUT2D eigenvalue weighted by Crippen LogP contribution is 2.22. The minimum Gasteiger partial charge on any atom is -0.423 e. The van der Waals surface area contributed by atoms with Crippen molar-refractivity contribution in [3.8, 4) is 5.75 Å². The van der Waals surface area contributed by atoms with Gasteiger partial charge in [-0.1, -0.05) is 30.7 Å². The molecule has 2 aromatic heterocycles. The summed E-state index contributed by atoms with van der Waals surface area (Å²) in [5, 5.41) is 2.27. The Balaban J connectivity index is 1.73. The molecule has 0 aliphatic rings. The summed E-state index contributed by atoms with van der Waals surface area (Å²) in [5.41, 5.74) is 1.86. The van der Waals surface area contributed by atoms with E-state index in [-0.39, 0.29) is 0 Å². The van der Waals surface area contributed by atoms with Gasteiger partial charge in [0.15, 0.2) is 10.1 Å². The van der Waals surface area contributed by atoms with E-state index in [1.807, 2.05) is 28.1 Å². The third-order valence-corrected chi connectivity index (χ3v) is 4.22. The molecule has 0 saturated carbocycles. The molecule has 0 saturated heterocycles. The number of aromatic nitrogens is 2. The van der Waals surface area contributed by atoms with Gasteiger partial charge < -0.3 is 4.74 Å². The number of ether oxygens (including phenoxy) is 1. The number of nitrogens with zero attached hydrogens (tertiary/aromatic N) is 2. The third-order valence-electron chi connectivity index (χ3n) is 3.18. The first-order valence-electron chi connectivity index (χ1n) is 6.77. The van der Waals surface area contributed by atoms with Crippen LogP contribution in [0.15, 0.2) is 41.9 Å². The number of benzene rings is 1. The van der Waals surface area contributed by atoms with Crippen molar-refractivity contribution in [2.45, 2.75) is 13.3 Å². The Morgan fingerprint density at radius 2 is 2.18 bits per heavy atom. The Bertz CT molecular complexity index is 834. The van der Waals surface area contributed by atoms with Crippen molar-refractivity contribution >= 4 is 39.9 Å². The van der Waals surface area contributed by atoms with Gasteiger partial charge in [0, 0.05) is 17.7 Å². The second-order valence-corrected chi connectivity index (χ2v) is 5.83. The molecule has 0 aliphatic carbocycles. The first kappa shape index (κ1) is 14.8. The number of fused-ring (bicyclic) bond motifs is 1. The van der Waals surface area contributed by atoms with Crippen LogP contribution in [0.2, 0.25) is 5.15 Å². The summed E-state index contributed by atoms with van der Waals surface area (Å²) < 4.78 is 7.08. The molecule has 0 fully saturated rings. The lowest BCUT2D eigenvalue weighted by Gasteiger charge is -2.02. The van der Waals surface area contributed by atoms with Crippen molar-refractivity contribution in [2.24, 2.45) is 0 Å². The van der Waals surface area contributed by atoms with Gasteiger partial charge in [0.25, 0.3) is 0 Å². The molecular formula is C16H13ClN2O2S. The number of hydrogen-bond donors (Lipinski definition) is 0. The van der Waals surface area contributed by atoms with E-state index in [4.69, 9.17) is 16.3 Å². The molecule has 2 heterocycles. The van der Waals surface area contributed by atoms with Crippen LogP contribution in [-0.2, 0) is 11.2 Å². The molecule has 0 aliphatic heterocycles. The van der Waals surface area contributed by atoms with E-state index in [0.29, 0.717) is 16.6 Å². The van der Waals surface area contributed by atoms with Gasteiger partial charge in [-0.2, -0.15) is 0 Å². The SMILES string of the molecule is CCc1ccc(OC(=O)/C=C/c2c(Cl)nc3sccn23)cc1. The number of rotatable bonds is 4. The Morgan fingerprint density at radius 1 is 1.41 bits per heavy atom. The molecule has 22 heavy (non-hydrogen) atoms. The van der Waals surface area contributed by atoms with Crippen LogP contribution >= 0.6 is 22.9 Å². The van der Waals surface area contributed by atoms with Gasteiger partial charge in [-0.05, 0) is 30.2 Å².